The standard InChI is InChI=1S/C23H19F3N6O2/c1-13-3-4-19(28-11-13)16-7-17(21(34)31-14(2)15-5-6-27-20(33)10-15)9-18(8-16)32-22(23(24,25)26)29-12-30-32/h3-12,14H,1-2H3,(H,27,33)(H,31,34). The van der Waals surface area contributed by atoms with E-state index in [1.807, 2.05) is 6.92 Å². The Morgan fingerprint density at radius 3 is 2.59 bits per heavy atom. The van der Waals surface area contributed by atoms with Crippen LogP contribution in [0.25, 0.3) is 16.9 Å². The molecule has 8 nitrogen and oxygen atoms in total. The first kappa shape index (κ1) is 22.9. The number of aromatic nitrogens is 5. The Morgan fingerprint density at radius 2 is 1.91 bits per heavy atom. The predicted molar refractivity (Wildman–Crippen MR) is 117 cm³/mol. The maximum absolute atomic E-state index is 13.4. The second-order valence-corrected chi connectivity index (χ2v) is 7.66. The van der Waals surface area contributed by atoms with E-state index >= 15 is 0 Å². The summed E-state index contributed by atoms with van der Waals surface area (Å²) in [6.45, 7) is 3.55. The fourth-order valence-corrected chi connectivity index (χ4v) is 3.37. The maximum Gasteiger partial charge on any atom is 0.451 e. The van der Waals surface area contributed by atoms with E-state index in [0.717, 1.165) is 11.9 Å². The molecule has 0 spiro atoms. The third-order valence-corrected chi connectivity index (χ3v) is 5.08. The molecular weight excluding hydrogens is 449 g/mol. The highest BCUT2D eigenvalue weighted by molar-refractivity contribution is 5.96. The minimum absolute atomic E-state index is 0.00124. The number of hydrogen-bond donors (Lipinski definition) is 2. The number of halogens is 3. The highest BCUT2D eigenvalue weighted by atomic mass is 19.4. The highest BCUT2D eigenvalue weighted by Crippen LogP contribution is 2.30. The number of benzene rings is 1. The fourth-order valence-electron chi connectivity index (χ4n) is 3.37. The highest BCUT2D eigenvalue weighted by Gasteiger charge is 2.37. The average molecular weight is 468 g/mol. The summed E-state index contributed by atoms with van der Waals surface area (Å²) >= 11 is 0. The number of pyridine rings is 2. The van der Waals surface area contributed by atoms with Gasteiger partial charge in [0, 0.05) is 29.6 Å². The van der Waals surface area contributed by atoms with Gasteiger partial charge >= 0.3 is 6.18 Å². The van der Waals surface area contributed by atoms with Crippen molar-refractivity contribution in [3.8, 4) is 16.9 Å². The lowest BCUT2D eigenvalue weighted by molar-refractivity contribution is -0.146. The molecule has 0 radical (unpaired) electrons. The zero-order valence-electron chi connectivity index (χ0n) is 18.1. The second-order valence-electron chi connectivity index (χ2n) is 7.66. The van der Waals surface area contributed by atoms with E-state index in [2.05, 4.69) is 25.4 Å². The summed E-state index contributed by atoms with van der Waals surface area (Å²) in [5.74, 6) is -1.76. The van der Waals surface area contributed by atoms with Crippen molar-refractivity contribution in [3.63, 3.8) is 0 Å². The van der Waals surface area contributed by atoms with Gasteiger partial charge in [-0.25, -0.2) is 9.67 Å². The summed E-state index contributed by atoms with van der Waals surface area (Å²) in [5, 5.41) is 6.48. The number of nitrogens with zero attached hydrogens (tertiary/aromatic N) is 4. The molecule has 174 valence electrons. The van der Waals surface area contributed by atoms with Crippen LogP contribution in [0.15, 0.2) is 66.0 Å². The normalized spacial score (nSPS) is 12.4. The molecule has 1 amide bonds. The molecule has 3 aromatic heterocycles. The third-order valence-electron chi connectivity index (χ3n) is 5.08. The van der Waals surface area contributed by atoms with Gasteiger partial charge in [-0.3, -0.25) is 14.6 Å². The fraction of sp³-hybridized carbons (Fsp3) is 0.174. The summed E-state index contributed by atoms with van der Waals surface area (Å²) in [6.07, 6.45) is -0.862. The first-order chi connectivity index (χ1) is 16.1. The minimum Gasteiger partial charge on any atom is -0.346 e. The van der Waals surface area contributed by atoms with Crippen molar-refractivity contribution in [3.05, 3.63) is 94.1 Å². The van der Waals surface area contributed by atoms with E-state index in [0.29, 0.717) is 21.5 Å². The van der Waals surface area contributed by atoms with Crippen LogP contribution in [0.2, 0.25) is 0 Å². The van der Waals surface area contributed by atoms with E-state index in [9.17, 15) is 22.8 Å². The second kappa shape index (κ2) is 8.93. The van der Waals surface area contributed by atoms with Gasteiger partial charge in [-0.05, 0) is 55.3 Å². The van der Waals surface area contributed by atoms with Crippen LogP contribution in [0.4, 0.5) is 13.2 Å². The molecule has 0 aliphatic rings. The molecule has 1 atom stereocenters. The number of hydrogen-bond acceptors (Lipinski definition) is 5. The largest absolute Gasteiger partial charge is 0.451 e. The number of carbonyl (C=O) groups excluding carboxylic acids is 1. The molecule has 1 unspecified atom stereocenters. The van der Waals surface area contributed by atoms with Gasteiger partial charge in [0.15, 0.2) is 0 Å². The van der Waals surface area contributed by atoms with Gasteiger partial charge in [-0.2, -0.15) is 18.3 Å². The molecule has 0 aliphatic heterocycles. The Labute approximate surface area is 191 Å². The monoisotopic (exact) mass is 468 g/mol. The molecule has 0 saturated carbocycles. The molecule has 4 aromatic rings. The van der Waals surface area contributed by atoms with Crippen LogP contribution in [0.3, 0.4) is 0 Å². The Balaban J connectivity index is 1.77. The number of carbonyl (C=O) groups is 1. The molecule has 4 rings (SSSR count). The van der Waals surface area contributed by atoms with Crippen LogP contribution >= 0.6 is 0 Å². The maximum atomic E-state index is 13.4. The van der Waals surface area contributed by atoms with E-state index in [1.54, 1.807) is 31.3 Å². The molecule has 1 aromatic carbocycles. The van der Waals surface area contributed by atoms with Crippen molar-refractivity contribution >= 4 is 5.91 Å². The van der Waals surface area contributed by atoms with E-state index in [4.69, 9.17) is 0 Å². The van der Waals surface area contributed by atoms with Gasteiger partial charge in [0.2, 0.25) is 11.4 Å². The quantitative estimate of drug-likeness (QED) is 0.463. The van der Waals surface area contributed by atoms with Crippen molar-refractivity contribution in [2.45, 2.75) is 26.1 Å². The summed E-state index contributed by atoms with van der Waals surface area (Å²) < 4.78 is 41.0. The summed E-state index contributed by atoms with van der Waals surface area (Å²) in [5.41, 5.74) is 2.14. The van der Waals surface area contributed by atoms with Crippen LogP contribution in [-0.2, 0) is 6.18 Å². The van der Waals surface area contributed by atoms with Crippen LogP contribution in [0, 0.1) is 6.92 Å². The molecule has 34 heavy (non-hydrogen) atoms. The van der Waals surface area contributed by atoms with Crippen LogP contribution in [0.5, 0.6) is 0 Å². The van der Waals surface area contributed by atoms with Gasteiger partial charge in [-0.1, -0.05) is 6.07 Å². The van der Waals surface area contributed by atoms with Gasteiger partial charge in [-0.15, -0.1) is 0 Å². The van der Waals surface area contributed by atoms with Crippen LogP contribution in [0.1, 0.15) is 40.3 Å². The zero-order valence-corrected chi connectivity index (χ0v) is 18.1. The molecule has 3 heterocycles. The lowest BCUT2D eigenvalue weighted by Crippen LogP contribution is -2.27. The lowest BCUT2D eigenvalue weighted by atomic mass is 10.0. The summed E-state index contributed by atoms with van der Waals surface area (Å²) in [7, 11) is 0. The number of H-pyrrole nitrogens is 1. The number of amides is 1. The van der Waals surface area contributed by atoms with Crippen LogP contribution < -0.4 is 10.9 Å². The predicted octanol–water partition coefficient (Wildman–Crippen LogP) is 3.84. The lowest BCUT2D eigenvalue weighted by Gasteiger charge is -2.16. The molecule has 2 N–H and O–H groups in total. The number of nitrogens with one attached hydrogen (secondary N) is 2. The minimum atomic E-state index is -4.74. The molecule has 11 heteroatoms. The smallest absolute Gasteiger partial charge is 0.346 e. The van der Waals surface area contributed by atoms with E-state index < -0.39 is 23.9 Å². The first-order valence-electron chi connectivity index (χ1n) is 10.2. The first-order valence-corrected chi connectivity index (χ1v) is 10.2. The molecule has 0 fully saturated rings. The van der Waals surface area contributed by atoms with Crippen molar-refractivity contribution in [1.82, 2.24) is 30.0 Å². The van der Waals surface area contributed by atoms with Gasteiger partial charge in [0.1, 0.15) is 6.33 Å². The van der Waals surface area contributed by atoms with Crippen molar-refractivity contribution in [2.24, 2.45) is 0 Å². The Morgan fingerprint density at radius 1 is 1.12 bits per heavy atom. The SMILES string of the molecule is Cc1ccc(-c2cc(C(=O)NC(C)c3cc[nH]c(=O)c3)cc(-n3ncnc3C(F)(F)F)c2)nc1. The zero-order chi connectivity index (χ0) is 24.5. The van der Waals surface area contributed by atoms with Gasteiger partial charge in [0.05, 0.1) is 17.4 Å². The molecular formula is C23H19F3N6O2. The van der Waals surface area contributed by atoms with Gasteiger partial charge < -0.3 is 10.3 Å². The third kappa shape index (κ3) is 4.87. The van der Waals surface area contributed by atoms with Crippen molar-refractivity contribution in [2.75, 3.05) is 0 Å². The number of aryl methyl sites for hydroxylation is 1. The molecule has 0 saturated heterocycles. The number of rotatable bonds is 5. The molecule has 0 bridgehead atoms. The Kier molecular flexibility index (Phi) is 6.01. The number of alkyl halides is 3. The van der Waals surface area contributed by atoms with Crippen molar-refractivity contribution < 1.29 is 18.0 Å². The summed E-state index contributed by atoms with van der Waals surface area (Å²) in [4.78, 5) is 34.8. The summed E-state index contributed by atoms with van der Waals surface area (Å²) in [6, 6.07) is 10.3. The molecule has 0 aliphatic carbocycles. The topological polar surface area (TPSA) is 106 Å². The Bertz CT molecular complexity index is 1390. The van der Waals surface area contributed by atoms with Crippen molar-refractivity contribution in [1.29, 1.82) is 0 Å². The van der Waals surface area contributed by atoms with E-state index in [1.165, 1.54) is 30.5 Å². The van der Waals surface area contributed by atoms with Gasteiger partial charge in [0.25, 0.3) is 5.91 Å². The Hall–Kier alpha value is -4.28. The van der Waals surface area contributed by atoms with Crippen LogP contribution in [-0.4, -0.2) is 30.6 Å². The number of aromatic amines is 1. The average Bonchev–Trinajstić information content (AvgIpc) is 3.30. The van der Waals surface area contributed by atoms with E-state index in [-0.39, 0.29) is 16.8 Å².